The SMILES string of the molecule is CC.CC(=O)CC[C@H]1CN(S(C)(=O)=O)c2ccccc2O1. The number of nitrogens with zero attached hydrogens (tertiary/aromatic N) is 1. The highest BCUT2D eigenvalue weighted by atomic mass is 32.2. The van der Waals surface area contributed by atoms with Gasteiger partial charge in [-0.15, -0.1) is 0 Å². The first-order valence-corrected chi connectivity index (χ1v) is 8.95. The highest BCUT2D eigenvalue weighted by molar-refractivity contribution is 7.92. The third-order valence-electron chi connectivity index (χ3n) is 3.02. The molecule has 0 radical (unpaired) electrons. The van der Waals surface area contributed by atoms with Gasteiger partial charge in [-0.3, -0.25) is 4.31 Å². The molecule has 0 N–H and O–H groups in total. The molecule has 0 unspecified atom stereocenters. The van der Waals surface area contributed by atoms with E-state index in [2.05, 4.69) is 0 Å². The van der Waals surface area contributed by atoms with Crippen molar-refractivity contribution in [1.82, 2.24) is 0 Å². The minimum Gasteiger partial charge on any atom is -0.486 e. The normalized spacial score (nSPS) is 17.1. The molecule has 0 saturated carbocycles. The van der Waals surface area contributed by atoms with Crippen LogP contribution in [0.25, 0.3) is 0 Å². The molecular formula is C15H23NO4S. The number of sulfonamides is 1. The zero-order valence-corrected chi connectivity index (χ0v) is 13.8. The van der Waals surface area contributed by atoms with E-state index < -0.39 is 10.0 Å². The summed E-state index contributed by atoms with van der Waals surface area (Å²) in [5.41, 5.74) is 0.559. The second kappa shape index (κ2) is 7.45. The predicted octanol–water partition coefficient (Wildman–Crippen LogP) is 2.61. The summed E-state index contributed by atoms with van der Waals surface area (Å²) in [6.07, 6.45) is 1.81. The van der Waals surface area contributed by atoms with Gasteiger partial charge < -0.3 is 9.53 Å². The van der Waals surface area contributed by atoms with Crippen LogP contribution in [0.5, 0.6) is 5.75 Å². The summed E-state index contributed by atoms with van der Waals surface area (Å²) in [5, 5.41) is 0. The van der Waals surface area contributed by atoms with Crippen LogP contribution in [-0.4, -0.2) is 33.1 Å². The van der Waals surface area contributed by atoms with Crippen LogP contribution in [0.15, 0.2) is 24.3 Å². The maximum absolute atomic E-state index is 11.8. The zero-order valence-electron chi connectivity index (χ0n) is 13.0. The Labute approximate surface area is 127 Å². The van der Waals surface area contributed by atoms with Gasteiger partial charge >= 0.3 is 0 Å². The number of Topliss-reactive ketones (excluding diaryl/α,β-unsaturated/α-hetero) is 1. The highest BCUT2D eigenvalue weighted by Crippen LogP contribution is 2.35. The Bertz CT molecular complexity index is 583. The molecule has 1 aromatic carbocycles. The van der Waals surface area contributed by atoms with Crippen molar-refractivity contribution in [3.63, 3.8) is 0 Å². The number of fused-ring (bicyclic) bond motifs is 1. The number of para-hydroxylation sites is 2. The van der Waals surface area contributed by atoms with Gasteiger partial charge in [-0.05, 0) is 25.5 Å². The fourth-order valence-electron chi connectivity index (χ4n) is 2.09. The minimum atomic E-state index is -3.34. The standard InChI is InChI=1S/C13H17NO4S.C2H6/c1-10(15)7-8-11-9-14(19(2,16)17)12-5-3-4-6-13(12)18-11;1-2/h3-6,11H,7-9H2,1-2H3;1-2H3/t11-;/m0./s1. The van der Waals surface area contributed by atoms with Gasteiger partial charge in [-0.25, -0.2) is 8.42 Å². The van der Waals surface area contributed by atoms with Crippen molar-refractivity contribution in [3.8, 4) is 5.75 Å². The lowest BCUT2D eigenvalue weighted by atomic mass is 10.1. The van der Waals surface area contributed by atoms with Crippen molar-refractivity contribution in [3.05, 3.63) is 24.3 Å². The summed E-state index contributed by atoms with van der Waals surface area (Å²) in [7, 11) is -3.34. The minimum absolute atomic E-state index is 0.0772. The van der Waals surface area contributed by atoms with Gasteiger partial charge in [-0.2, -0.15) is 0 Å². The molecule has 6 heteroatoms. The first kappa shape index (κ1) is 17.5. The van der Waals surface area contributed by atoms with E-state index in [4.69, 9.17) is 4.74 Å². The third-order valence-corrected chi connectivity index (χ3v) is 4.16. The summed E-state index contributed by atoms with van der Waals surface area (Å²) < 4.78 is 30.8. The van der Waals surface area contributed by atoms with E-state index in [1.165, 1.54) is 17.5 Å². The van der Waals surface area contributed by atoms with Crippen molar-refractivity contribution in [2.24, 2.45) is 0 Å². The number of ketones is 1. The Morgan fingerprint density at radius 3 is 2.52 bits per heavy atom. The molecular weight excluding hydrogens is 290 g/mol. The summed E-state index contributed by atoms with van der Waals surface area (Å²) in [5.74, 6) is 0.626. The van der Waals surface area contributed by atoms with Crippen LogP contribution in [0.3, 0.4) is 0 Å². The maximum atomic E-state index is 11.8. The average Bonchev–Trinajstić information content (AvgIpc) is 2.45. The maximum Gasteiger partial charge on any atom is 0.232 e. The molecule has 1 aliphatic heterocycles. The van der Waals surface area contributed by atoms with Crippen molar-refractivity contribution >= 4 is 21.5 Å². The molecule has 118 valence electrons. The monoisotopic (exact) mass is 313 g/mol. The largest absolute Gasteiger partial charge is 0.486 e. The number of hydrogen-bond donors (Lipinski definition) is 0. The molecule has 0 aromatic heterocycles. The molecule has 1 heterocycles. The number of benzene rings is 1. The number of ether oxygens (including phenoxy) is 1. The highest BCUT2D eigenvalue weighted by Gasteiger charge is 2.30. The molecule has 0 spiro atoms. The quantitative estimate of drug-likeness (QED) is 0.857. The second-order valence-electron chi connectivity index (χ2n) is 4.74. The van der Waals surface area contributed by atoms with Gasteiger partial charge in [0.1, 0.15) is 17.6 Å². The van der Waals surface area contributed by atoms with Crippen LogP contribution >= 0.6 is 0 Å². The third kappa shape index (κ3) is 4.74. The summed E-state index contributed by atoms with van der Waals surface area (Å²) >= 11 is 0. The molecule has 1 aromatic rings. The molecule has 0 bridgehead atoms. The van der Waals surface area contributed by atoms with E-state index in [0.29, 0.717) is 24.3 Å². The lowest BCUT2D eigenvalue weighted by Crippen LogP contribution is -2.43. The first-order chi connectivity index (χ1) is 9.88. The van der Waals surface area contributed by atoms with Gasteiger partial charge in [0.05, 0.1) is 18.5 Å². The van der Waals surface area contributed by atoms with Crippen molar-refractivity contribution in [1.29, 1.82) is 0 Å². The molecule has 0 fully saturated rings. The molecule has 2 rings (SSSR count). The number of hydrogen-bond acceptors (Lipinski definition) is 4. The van der Waals surface area contributed by atoms with Gasteiger partial charge in [0.2, 0.25) is 10.0 Å². The van der Waals surface area contributed by atoms with Gasteiger partial charge in [0, 0.05) is 6.42 Å². The fraction of sp³-hybridized carbons (Fsp3) is 0.533. The molecule has 0 aliphatic carbocycles. The van der Waals surface area contributed by atoms with Crippen LogP contribution in [-0.2, 0) is 14.8 Å². The zero-order chi connectivity index (χ0) is 16.0. The van der Waals surface area contributed by atoms with Crippen LogP contribution in [0.1, 0.15) is 33.6 Å². The first-order valence-electron chi connectivity index (χ1n) is 7.11. The Balaban J connectivity index is 0.00000106. The molecule has 1 atom stereocenters. The van der Waals surface area contributed by atoms with E-state index in [0.717, 1.165) is 0 Å². The fourth-order valence-corrected chi connectivity index (χ4v) is 3.04. The Morgan fingerprint density at radius 2 is 1.95 bits per heavy atom. The lowest BCUT2D eigenvalue weighted by molar-refractivity contribution is -0.117. The van der Waals surface area contributed by atoms with E-state index in [1.54, 1.807) is 24.3 Å². The van der Waals surface area contributed by atoms with Crippen molar-refractivity contribution in [2.45, 2.75) is 39.7 Å². The molecule has 0 saturated heterocycles. The van der Waals surface area contributed by atoms with E-state index >= 15 is 0 Å². The summed E-state index contributed by atoms with van der Waals surface area (Å²) in [6.45, 7) is 5.77. The Kier molecular flexibility index (Phi) is 6.20. The Morgan fingerprint density at radius 1 is 1.33 bits per heavy atom. The number of carbonyl (C=O) groups excluding carboxylic acids is 1. The lowest BCUT2D eigenvalue weighted by Gasteiger charge is -2.34. The molecule has 0 amide bonds. The van der Waals surface area contributed by atoms with Crippen molar-refractivity contribution < 1.29 is 17.9 Å². The number of rotatable bonds is 4. The van der Waals surface area contributed by atoms with E-state index in [9.17, 15) is 13.2 Å². The van der Waals surface area contributed by atoms with Crippen LogP contribution in [0.2, 0.25) is 0 Å². The van der Waals surface area contributed by atoms with E-state index in [-0.39, 0.29) is 18.4 Å². The molecule has 1 aliphatic rings. The van der Waals surface area contributed by atoms with Crippen LogP contribution < -0.4 is 9.04 Å². The summed E-state index contributed by atoms with van der Waals surface area (Å²) in [6, 6.07) is 7.04. The van der Waals surface area contributed by atoms with Gasteiger partial charge in [-0.1, -0.05) is 26.0 Å². The van der Waals surface area contributed by atoms with Crippen LogP contribution in [0, 0.1) is 0 Å². The van der Waals surface area contributed by atoms with Crippen LogP contribution in [0.4, 0.5) is 5.69 Å². The van der Waals surface area contributed by atoms with Gasteiger partial charge in [0.25, 0.3) is 0 Å². The second-order valence-corrected chi connectivity index (χ2v) is 6.65. The average molecular weight is 313 g/mol. The van der Waals surface area contributed by atoms with Gasteiger partial charge in [0.15, 0.2) is 0 Å². The van der Waals surface area contributed by atoms with Crippen molar-refractivity contribution in [2.75, 3.05) is 17.1 Å². The number of anilines is 1. The smallest absolute Gasteiger partial charge is 0.232 e. The topological polar surface area (TPSA) is 63.7 Å². The number of carbonyl (C=O) groups is 1. The predicted molar refractivity (Wildman–Crippen MR) is 84.3 cm³/mol. The molecule has 21 heavy (non-hydrogen) atoms. The van der Waals surface area contributed by atoms with E-state index in [1.807, 2.05) is 13.8 Å². The summed E-state index contributed by atoms with van der Waals surface area (Å²) in [4.78, 5) is 11.0. The Hall–Kier alpha value is -1.56. The molecule has 5 nitrogen and oxygen atoms in total.